The molecule has 0 aromatic rings. The summed E-state index contributed by atoms with van der Waals surface area (Å²) in [6.07, 6.45) is 0. The van der Waals surface area contributed by atoms with E-state index in [9.17, 15) is 0 Å². The van der Waals surface area contributed by atoms with Crippen molar-refractivity contribution >= 4 is 0 Å². The first-order chi connectivity index (χ1) is 4.15. The average Bonchev–Trinajstić information content (AvgIpc) is 1.66. The van der Waals surface area contributed by atoms with Crippen LogP contribution in [-0.4, -0.2) is 19.3 Å². The van der Waals surface area contributed by atoms with E-state index in [-0.39, 0.29) is 0 Å². The van der Waals surface area contributed by atoms with Gasteiger partial charge in [-0.3, -0.25) is 0 Å². The van der Waals surface area contributed by atoms with Crippen molar-refractivity contribution in [2.75, 3.05) is 13.2 Å². The smallest absolute Gasteiger partial charge is 0.0437 e. The SMILES string of the molecule is CC(C)N.CCOCC. The normalized spacial score (nSPS) is 8.67. The van der Waals surface area contributed by atoms with Crippen LogP contribution >= 0.6 is 0 Å². The van der Waals surface area contributed by atoms with Crippen LogP contribution in [0.3, 0.4) is 0 Å². The predicted molar refractivity (Wildman–Crippen MR) is 41.5 cm³/mol. The second kappa shape index (κ2) is 10.8. The Labute approximate surface area is 58.4 Å². The van der Waals surface area contributed by atoms with E-state index in [4.69, 9.17) is 10.5 Å². The zero-order valence-electron chi connectivity index (χ0n) is 6.98. The van der Waals surface area contributed by atoms with Gasteiger partial charge in [0.15, 0.2) is 0 Å². The van der Waals surface area contributed by atoms with Gasteiger partial charge in [-0.05, 0) is 19.9 Å². The fourth-order valence-electron chi connectivity index (χ4n) is 0.204. The Balaban J connectivity index is 0. The van der Waals surface area contributed by atoms with Crippen molar-refractivity contribution in [2.24, 2.45) is 5.73 Å². The Hall–Kier alpha value is -0.0800. The van der Waals surface area contributed by atoms with Crippen molar-refractivity contribution in [2.45, 2.75) is 33.7 Å². The summed E-state index contributed by atoms with van der Waals surface area (Å²) in [6.45, 7) is 9.56. The summed E-state index contributed by atoms with van der Waals surface area (Å²) in [4.78, 5) is 0. The minimum atomic E-state index is 0.333. The van der Waals surface area contributed by atoms with Gasteiger partial charge in [0.2, 0.25) is 0 Å². The summed E-state index contributed by atoms with van der Waals surface area (Å²) >= 11 is 0. The third kappa shape index (κ3) is 75.3. The first-order valence-electron chi connectivity index (χ1n) is 3.48. The van der Waals surface area contributed by atoms with Crippen molar-refractivity contribution in [1.82, 2.24) is 0 Å². The van der Waals surface area contributed by atoms with Crippen LogP contribution in [0.1, 0.15) is 27.7 Å². The quantitative estimate of drug-likeness (QED) is 0.618. The van der Waals surface area contributed by atoms with E-state index in [0.717, 1.165) is 13.2 Å². The molecule has 0 heterocycles. The first kappa shape index (κ1) is 11.7. The van der Waals surface area contributed by atoms with Crippen molar-refractivity contribution in [3.63, 3.8) is 0 Å². The fourth-order valence-corrected chi connectivity index (χ4v) is 0.204. The van der Waals surface area contributed by atoms with Crippen LogP contribution in [0.25, 0.3) is 0 Å². The molecule has 0 amide bonds. The molecule has 2 N–H and O–H groups in total. The molecule has 0 saturated carbocycles. The van der Waals surface area contributed by atoms with E-state index in [1.54, 1.807) is 0 Å². The molecule has 0 spiro atoms. The minimum absolute atomic E-state index is 0.333. The van der Waals surface area contributed by atoms with E-state index in [2.05, 4.69) is 0 Å². The monoisotopic (exact) mass is 133 g/mol. The molecular weight excluding hydrogens is 114 g/mol. The molecule has 0 aromatic heterocycles. The van der Waals surface area contributed by atoms with E-state index < -0.39 is 0 Å². The van der Waals surface area contributed by atoms with Crippen LogP contribution < -0.4 is 5.73 Å². The lowest BCUT2D eigenvalue weighted by molar-refractivity contribution is 0.162. The summed E-state index contributed by atoms with van der Waals surface area (Å²) < 4.78 is 4.83. The first-order valence-corrected chi connectivity index (χ1v) is 3.48. The number of rotatable bonds is 2. The number of hydrogen-bond acceptors (Lipinski definition) is 2. The number of hydrogen-bond donors (Lipinski definition) is 1. The molecule has 9 heavy (non-hydrogen) atoms. The Morgan fingerprint density at radius 2 is 1.44 bits per heavy atom. The van der Waals surface area contributed by atoms with Gasteiger partial charge in [-0.15, -0.1) is 0 Å². The van der Waals surface area contributed by atoms with Gasteiger partial charge in [-0.2, -0.15) is 0 Å². The van der Waals surface area contributed by atoms with Crippen molar-refractivity contribution in [3.8, 4) is 0 Å². The van der Waals surface area contributed by atoms with Gasteiger partial charge in [0.25, 0.3) is 0 Å². The van der Waals surface area contributed by atoms with Gasteiger partial charge in [-0.25, -0.2) is 0 Å². The van der Waals surface area contributed by atoms with E-state index in [1.165, 1.54) is 0 Å². The van der Waals surface area contributed by atoms with Crippen LogP contribution in [0.4, 0.5) is 0 Å². The second-order valence-electron chi connectivity index (χ2n) is 2.03. The van der Waals surface area contributed by atoms with E-state index in [1.807, 2.05) is 27.7 Å². The molecule has 2 nitrogen and oxygen atoms in total. The zero-order chi connectivity index (χ0) is 7.70. The lowest BCUT2D eigenvalue weighted by Gasteiger charge is -1.86. The van der Waals surface area contributed by atoms with Gasteiger partial charge < -0.3 is 10.5 Å². The summed E-state index contributed by atoms with van der Waals surface area (Å²) in [6, 6.07) is 0.333. The Kier molecular flexibility index (Phi) is 14.0. The molecule has 0 fully saturated rings. The lowest BCUT2D eigenvalue weighted by atomic mass is 10.5. The molecule has 0 atom stereocenters. The van der Waals surface area contributed by atoms with Gasteiger partial charge in [-0.1, -0.05) is 13.8 Å². The van der Waals surface area contributed by atoms with Crippen molar-refractivity contribution in [3.05, 3.63) is 0 Å². The van der Waals surface area contributed by atoms with Crippen molar-refractivity contribution < 1.29 is 4.74 Å². The van der Waals surface area contributed by atoms with E-state index in [0.29, 0.717) is 6.04 Å². The predicted octanol–water partition coefficient (Wildman–Crippen LogP) is 1.40. The highest BCUT2D eigenvalue weighted by Crippen LogP contribution is 1.64. The molecule has 0 aromatic carbocycles. The molecule has 0 rings (SSSR count). The van der Waals surface area contributed by atoms with Crippen LogP contribution in [0, 0.1) is 0 Å². The largest absolute Gasteiger partial charge is 0.382 e. The van der Waals surface area contributed by atoms with Crippen LogP contribution in [-0.2, 0) is 4.74 Å². The summed E-state index contributed by atoms with van der Waals surface area (Å²) in [5.74, 6) is 0. The summed E-state index contributed by atoms with van der Waals surface area (Å²) in [5.41, 5.74) is 5.11. The van der Waals surface area contributed by atoms with Crippen molar-refractivity contribution in [1.29, 1.82) is 0 Å². The maximum Gasteiger partial charge on any atom is 0.0437 e. The van der Waals surface area contributed by atoms with Gasteiger partial charge in [0, 0.05) is 13.2 Å². The van der Waals surface area contributed by atoms with Gasteiger partial charge in [0.1, 0.15) is 0 Å². The molecule has 0 radical (unpaired) electrons. The molecule has 0 bridgehead atoms. The minimum Gasteiger partial charge on any atom is -0.382 e. The molecule has 0 aliphatic carbocycles. The standard InChI is InChI=1S/C4H10O.C3H9N/c1-3-5-4-2;1-3(2)4/h3-4H2,1-2H3;3H,4H2,1-2H3. The number of ether oxygens (including phenoxy) is 1. The molecule has 2 heteroatoms. The van der Waals surface area contributed by atoms with Crippen LogP contribution in [0.15, 0.2) is 0 Å². The van der Waals surface area contributed by atoms with Gasteiger partial charge >= 0.3 is 0 Å². The summed E-state index contributed by atoms with van der Waals surface area (Å²) in [7, 11) is 0. The number of nitrogens with two attached hydrogens (primary N) is 1. The third-order valence-corrected chi connectivity index (χ3v) is 0.408. The fraction of sp³-hybridized carbons (Fsp3) is 1.00. The Morgan fingerprint density at radius 1 is 1.22 bits per heavy atom. The maximum absolute atomic E-state index is 5.11. The second-order valence-corrected chi connectivity index (χ2v) is 2.03. The Bertz CT molecular complexity index is 33.1. The van der Waals surface area contributed by atoms with Gasteiger partial charge in [0.05, 0.1) is 0 Å². The maximum atomic E-state index is 5.11. The highest BCUT2D eigenvalue weighted by Gasteiger charge is 1.67. The third-order valence-electron chi connectivity index (χ3n) is 0.408. The topological polar surface area (TPSA) is 35.2 Å². The van der Waals surface area contributed by atoms with E-state index >= 15 is 0 Å². The zero-order valence-corrected chi connectivity index (χ0v) is 6.98. The highest BCUT2D eigenvalue weighted by molar-refractivity contribution is 4.32. The lowest BCUT2D eigenvalue weighted by Crippen LogP contribution is -2.06. The molecule has 0 saturated heterocycles. The highest BCUT2D eigenvalue weighted by atomic mass is 16.5. The van der Waals surface area contributed by atoms with Crippen LogP contribution in [0.5, 0.6) is 0 Å². The Morgan fingerprint density at radius 3 is 1.44 bits per heavy atom. The molecular formula is C7H19NO. The molecule has 0 aliphatic heterocycles. The molecule has 0 aliphatic rings. The van der Waals surface area contributed by atoms with Crippen LogP contribution in [0.2, 0.25) is 0 Å². The average molecular weight is 133 g/mol. The summed E-state index contributed by atoms with van der Waals surface area (Å²) in [5, 5.41) is 0. The molecule has 0 unspecified atom stereocenters. The molecule has 58 valence electrons.